The van der Waals surface area contributed by atoms with Gasteiger partial charge < -0.3 is 10.6 Å². The van der Waals surface area contributed by atoms with E-state index in [0.717, 1.165) is 9.35 Å². The molecule has 0 bridgehead atoms. The van der Waals surface area contributed by atoms with E-state index in [-0.39, 0.29) is 11.3 Å². The summed E-state index contributed by atoms with van der Waals surface area (Å²) >= 11 is 4.87. The van der Waals surface area contributed by atoms with Gasteiger partial charge in [-0.25, -0.2) is 0 Å². The number of nitro groups is 1. The molecule has 0 radical (unpaired) electrons. The van der Waals surface area contributed by atoms with E-state index in [4.69, 9.17) is 0 Å². The monoisotopic (exact) mass is 369 g/mol. The van der Waals surface area contributed by atoms with Crippen LogP contribution in [0, 0.1) is 10.1 Å². The van der Waals surface area contributed by atoms with Crippen LogP contribution >= 0.6 is 27.3 Å². The molecule has 6 nitrogen and oxygen atoms in total. The number of hydrogen-bond donors (Lipinski definition) is 2. The zero-order valence-corrected chi connectivity index (χ0v) is 13.5. The Balaban J connectivity index is 2.23. The second-order valence-electron chi connectivity index (χ2n) is 4.08. The third-order valence-corrected chi connectivity index (χ3v) is 4.76. The molecule has 0 saturated carbocycles. The van der Waals surface area contributed by atoms with Crippen LogP contribution in [0.25, 0.3) is 0 Å². The number of benzene rings is 1. The minimum atomic E-state index is -0.554. The second kappa shape index (κ2) is 6.68. The second-order valence-corrected chi connectivity index (χ2v) is 5.94. The predicted octanol–water partition coefficient (Wildman–Crippen LogP) is 3.39. The molecule has 0 saturated heterocycles. The van der Waals surface area contributed by atoms with Crippen LogP contribution in [0.1, 0.15) is 15.2 Å². The van der Waals surface area contributed by atoms with Crippen LogP contribution in [-0.4, -0.2) is 17.9 Å². The first-order valence-corrected chi connectivity index (χ1v) is 7.67. The van der Waals surface area contributed by atoms with Crippen LogP contribution in [0.2, 0.25) is 0 Å². The summed E-state index contributed by atoms with van der Waals surface area (Å²) in [5.41, 5.74) is 0.132. The Kier molecular flexibility index (Phi) is 4.92. The van der Waals surface area contributed by atoms with E-state index in [1.807, 2.05) is 11.4 Å². The zero-order valence-electron chi connectivity index (χ0n) is 11.1. The maximum Gasteiger partial charge on any atom is 0.305 e. The van der Waals surface area contributed by atoms with E-state index < -0.39 is 10.8 Å². The highest BCUT2D eigenvalue weighted by molar-refractivity contribution is 9.10. The normalized spacial score (nSPS) is 10.2. The third-order valence-electron chi connectivity index (χ3n) is 2.83. The van der Waals surface area contributed by atoms with E-state index in [2.05, 4.69) is 26.6 Å². The van der Waals surface area contributed by atoms with Crippen LogP contribution in [0.3, 0.4) is 0 Å². The van der Waals surface area contributed by atoms with Crippen LogP contribution in [-0.2, 0) is 6.54 Å². The third kappa shape index (κ3) is 3.40. The Morgan fingerprint density at radius 2 is 2.19 bits per heavy atom. The highest BCUT2D eigenvalue weighted by Gasteiger charge is 2.23. The smallest absolute Gasteiger partial charge is 0.305 e. The lowest BCUT2D eigenvalue weighted by Gasteiger charge is -2.08. The number of halogens is 1. The lowest BCUT2D eigenvalue weighted by Crippen LogP contribution is -2.23. The number of carbonyl (C=O) groups is 1. The molecule has 2 aromatic rings. The van der Waals surface area contributed by atoms with E-state index in [1.165, 1.54) is 17.4 Å². The summed E-state index contributed by atoms with van der Waals surface area (Å²) in [7, 11) is 1.58. The van der Waals surface area contributed by atoms with Gasteiger partial charge in [0.2, 0.25) is 0 Å². The molecule has 0 spiro atoms. The van der Waals surface area contributed by atoms with Crippen molar-refractivity contribution in [3.63, 3.8) is 0 Å². The van der Waals surface area contributed by atoms with Crippen LogP contribution in [0.4, 0.5) is 11.4 Å². The molecule has 2 rings (SSSR count). The van der Waals surface area contributed by atoms with Gasteiger partial charge in [0.05, 0.1) is 11.5 Å². The number of carbonyl (C=O) groups excluding carboxylic acids is 1. The molecule has 0 aliphatic rings. The minimum absolute atomic E-state index is 0.0412. The Hall–Kier alpha value is -1.93. The molecule has 1 aromatic carbocycles. The summed E-state index contributed by atoms with van der Waals surface area (Å²) < 4.78 is 0.909. The summed E-state index contributed by atoms with van der Waals surface area (Å²) in [5, 5.41) is 18.5. The van der Waals surface area contributed by atoms with E-state index in [0.29, 0.717) is 12.2 Å². The predicted molar refractivity (Wildman–Crippen MR) is 85.8 cm³/mol. The molecule has 0 aliphatic heterocycles. The Bertz CT molecular complexity index is 687. The molecule has 1 amide bonds. The number of rotatable bonds is 5. The standard InChI is InChI=1S/C13H12BrN3O3S/c1-15-10-4-2-3-8(12(10)17(19)20)13(18)16-7-11-9(14)5-6-21-11/h2-6,15H,7H2,1H3,(H,16,18). The topological polar surface area (TPSA) is 84.3 Å². The fraction of sp³-hybridized carbons (Fsp3) is 0.154. The first kappa shape index (κ1) is 15.5. The van der Waals surface area contributed by atoms with E-state index in [1.54, 1.807) is 19.2 Å². The number of nitro benzene ring substituents is 1. The van der Waals surface area contributed by atoms with Crippen molar-refractivity contribution in [1.82, 2.24) is 5.32 Å². The molecule has 0 fully saturated rings. The largest absolute Gasteiger partial charge is 0.383 e. The fourth-order valence-corrected chi connectivity index (χ4v) is 3.26. The molecular weight excluding hydrogens is 358 g/mol. The summed E-state index contributed by atoms with van der Waals surface area (Å²) in [6, 6.07) is 6.49. The summed E-state index contributed by atoms with van der Waals surface area (Å²) in [6.07, 6.45) is 0. The van der Waals surface area contributed by atoms with Crippen molar-refractivity contribution in [3.8, 4) is 0 Å². The van der Waals surface area contributed by atoms with Gasteiger partial charge in [-0.15, -0.1) is 11.3 Å². The van der Waals surface area contributed by atoms with Gasteiger partial charge in [-0.3, -0.25) is 14.9 Å². The molecule has 8 heteroatoms. The van der Waals surface area contributed by atoms with Gasteiger partial charge >= 0.3 is 5.69 Å². The average molecular weight is 370 g/mol. The van der Waals surface area contributed by atoms with Crippen molar-refractivity contribution in [2.75, 3.05) is 12.4 Å². The van der Waals surface area contributed by atoms with E-state index in [9.17, 15) is 14.9 Å². The van der Waals surface area contributed by atoms with Gasteiger partial charge in [0.1, 0.15) is 11.3 Å². The number of nitrogens with zero attached hydrogens (tertiary/aromatic N) is 1. The highest BCUT2D eigenvalue weighted by atomic mass is 79.9. The van der Waals surface area contributed by atoms with Crippen molar-refractivity contribution < 1.29 is 9.72 Å². The van der Waals surface area contributed by atoms with Gasteiger partial charge in [0.15, 0.2) is 0 Å². The molecule has 0 atom stereocenters. The van der Waals surface area contributed by atoms with Gasteiger partial charge in [-0.05, 0) is 39.5 Å². The Labute approximate surface area is 133 Å². The van der Waals surface area contributed by atoms with Gasteiger partial charge in [0, 0.05) is 16.4 Å². The number of thiophene rings is 1. The number of nitrogens with one attached hydrogen (secondary N) is 2. The molecule has 0 aliphatic carbocycles. The number of amides is 1. The molecule has 2 N–H and O–H groups in total. The summed E-state index contributed by atoms with van der Waals surface area (Å²) in [5.74, 6) is -0.473. The van der Waals surface area contributed by atoms with Gasteiger partial charge in [-0.2, -0.15) is 0 Å². The Morgan fingerprint density at radius 3 is 2.76 bits per heavy atom. The fourth-order valence-electron chi connectivity index (χ4n) is 1.83. The molecule has 1 heterocycles. The number of anilines is 1. The minimum Gasteiger partial charge on any atom is -0.383 e. The summed E-state index contributed by atoms with van der Waals surface area (Å²) in [6.45, 7) is 0.317. The first-order valence-electron chi connectivity index (χ1n) is 5.99. The zero-order chi connectivity index (χ0) is 15.4. The van der Waals surface area contributed by atoms with Crippen molar-refractivity contribution >= 4 is 44.5 Å². The first-order chi connectivity index (χ1) is 10.0. The van der Waals surface area contributed by atoms with Crippen molar-refractivity contribution in [3.05, 3.63) is 54.7 Å². The van der Waals surface area contributed by atoms with Crippen molar-refractivity contribution in [1.29, 1.82) is 0 Å². The number of para-hydroxylation sites is 1. The van der Waals surface area contributed by atoms with Gasteiger partial charge in [-0.1, -0.05) is 6.07 Å². The highest BCUT2D eigenvalue weighted by Crippen LogP contribution is 2.28. The molecular formula is C13H12BrN3O3S. The lowest BCUT2D eigenvalue weighted by atomic mass is 10.1. The van der Waals surface area contributed by atoms with Crippen molar-refractivity contribution in [2.24, 2.45) is 0 Å². The lowest BCUT2D eigenvalue weighted by molar-refractivity contribution is -0.384. The van der Waals surface area contributed by atoms with Gasteiger partial charge in [0.25, 0.3) is 5.91 Å². The maximum absolute atomic E-state index is 12.2. The van der Waals surface area contributed by atoms with Crippen LogP contribution in [0.5, 0.6) is 0 Å². The average Bonchev–Trinajstić information content (AvgIpc) is 2.89. The van der Waals surface area contributed by atoms with Crippen molar-refractivity contribution in [2.45, 2.75) is 6.54 Å². The number of hydrogen-bond acceptors (Lipinski definition) is 5. The van der Waals surface area contributed by atoms with Crippen LogP contribution < -0.4 is 10.6 Å². The molecule has 110 valence electrons. The quantitative estimate of drug-likeness (QED) is 0.624. The molecule has 1 aromatic heterocycles. The molecule has 0 unspecified atom stereocenters. The SMILES string of the molecule is CNc1cccc(C(=O)NCc2sccc2Br)c1[N+](=O)[O-]. The van der Waals surface area contributed by atoms with E-state index >= 15 is 0 Å². The summed E-state index contributed by atoms with van der Waals surface area (Å²) in [4.78, 5) is 23.8. The van der Waals surface area contributed by atoms with Crippen LogP contribution in [0.15, 0.2) is 34.1 Å². The molecule has 21 heavy (non-hydrogen) atoms. The maximum atomic E-state index is 12.2. The Morgan fingerprint density at radius 1 is 1.43 bits per heavy atom.